The van der Waals surface area contributed by atoms with E-state index in [-0.39, 0.29) is 5.56 Å². The van der Waals surface area contributed by atoms with Crippen molar-refractivity contribution in [2.24, 2.45) is 0 Å². The molecule has 0 aliphatic heterocycles. The van der Waals surface area contributed by atoms with Crippen molar-refractivity contribution in [3.05, 3.63) is 71.8 Å². The summed E-state index contributed by atoms with van der Waals surface area (Å²) in [6.45, 7) is 1.73. The van der Waals surface area contributed by atoms with Crippen LogP contribution in [0.2, 0.25) is 0 Å². The quantitative estimate of drug-likeness (QED) is 0.702. The summed E-state index contributed by atoms with van der Waals surface area (Å²) in [4.78, 5) is 12.6. The zero-order valence-electron chi connectivity index (χ0n) is 13.9. The van der Waals surface area contributed by atoms with Crippen molar-refractivity contribution in [2.75, 3.05) is 7.11 Å². The molecule has 0 spiro atoms. The predicted molar refractivity (Wildman–Crippen MR) is 86.8 cm³/mol. The number of benzene rings is 2. The third kappa shape index (κ3) is 3.69. The van der Waals surface area contributed by atoms with E-state index in [0.717, 1.165) is 7.11 Å². The van der Waals surface area contributed by atoms with Gasteiger partial charge in [-0.2, -0.15) is 13.2 Å². The minimum absolute atomic E-state index is 0.321. The Balaban J connectivity index is 2.43. The molecule has 0 aromatic heterocycles. The van der Waals surface area contributed by atoms with Crippen molar-refractivity contribution in [3.63, 3.8) is 0 Å². The van der Waals surface area contributed by atoms with Crippen LogP contribution in [0.4, 0.5) is 13.2 Å². The number of hydrogen-bond donors (Lipinski definition) is 0. The van der Waals surface area contributed by atoms with E-state index in [2.05, 4.69) is 0 Å². The average Bonchev–Trinajstić information content (AvgIpc) is 2.61. The summed E-state index contributed by atoms with van der Waals surface area (Å²) in [7, 11) is 0.852. The van der Waals surface area contributed by atoms with Crippen LogP contribution in [-0.2, 0) is 19.9 Å². The summed E-state index contributed by atoms with van der Waals surface area (Å²) in [5.41, 5.74) is -2.87. The average molecular weight is 352 g/mol. The first-order valence-corrected chi connectivity index (χ1v) is 7.80. The standard InChI is InChI=1S/C19H19F3O3/c1-3-16(14-10-6-4-7-11-14)25-17(23)18(24-2,19(20,21)22)15-12-8-5-9-13-15/h4-13,16H,3H2,1-2H3/t16?,18-/m0/s1. The molecule has 134 valence electrons. The highest BCUT2D eigenvalue weighted by Gasteiger charge is 2.64. The maximum absolute atomic E-state index is 13.8. The van der Waals surface area contributed by atoms with Gasteiger partial charge in [0.05, 0.1) is 0 Å². The lowest BCUT2D eigenvalue weighted by Crippen LogP contribution is -2.52. The van der Waals surface area contributed by atoms with Crippen LogP contribution >= 0.6 is 0 Å². The van der Waals surface area contributed by atoms with E-state index in [1.54, 1.807) is 43.3 Å². The molecule has 0 amide bonds. The largest absolute Gasteiger partial charge is 0.455 e. The van der Waals surface area contributed by atoms with Gasteiger partial charge in [0, 0.05) is 12.7 Å². The van der Waals surface area contributed by atoms with Crippen molar-refractivity contribution in [3.8, 4) is 0 Å². The molecule has 0 radical (unpaired) electrons. The minimum atomic E-state index is -4.98. The molecule has 1 unspecified atom stereocenters. The molecular weight excluding hydrogens is 333 g/mol. The number of halogens is 3. The fourth-order valence-electron chi connectivity index (χ4n) is 2.65. The van der Waals surface area contributed by atoms with Gasteiger partial charge in [0.15, 0.2) is 0 Å². The highest BCUT2D eigenvalue weighted by atomic mass is 19.4. The van der Waals surface area contributed by atoms with Crippen LogP contribution in [0, 0.1) is 0 Å². The number of ether oxygens (including phenoxy) is 2. The zero-order valence-corrected chi connectivity index (χ0v) is 13.9. The molecule has 0 aliphatic rings. The summed E-state index contributed by atoms with van der Waals surface area (Å²) in [6, 6.07) is 15.4. The predicted octanol–water partition coefficient (Wildman–Crippen LogP) is 4.79. The first-order valence-electron chi connectivity index (χ1n) is 7.80. The third-order valence-electron chi connectivity index (χ3n) is 3.96. The molecule has 2 atom stereocenters. The molecule has 0 saturated heterocycles. The van der Waals surface area contributed by atoms with Crippen LogP contribution < -0.4 is 0 Å². The van der Waals surface area contributed by atoms with Crippen molar-refractivity contribution in [1.29, 1.82) is 0 Å². The van der Waals surface area contributed by atoms with E-state index in [9.17, 15) is 18.0 Å². The maximum atomic E-state index is 13.8. The summed E-state index contributed by atoms with van der Waals surface area (Å²) >= 11 is 0. The van der Waals surface area contributed by atoms with Crippen molar-refractivity contribution in [2.45, 2.75) is 31.2 Å². The molecular formula is C19H19F3O3. The molecule has 2 aromatic rings. The van der Waals surface area contributed by atoms with Crippen molar-refractivity contribution < 1.29 is 27.4 Å². The molecule has 0 N–H and O–H groups in total. The first kappa shape index (κ1) is 19.0. The molecule has 25 heavy (non-hydrogen) atoms. The summed E-state index contributed by atoms with van der Waals surface area (Å²) in [5, 5.41) is 0. The number of alkyl halides is 3. The Morgan fingerprint density at radius 1 is 1.00 bits per heavy atom. The second-order valence-corrected chi connectivity index (χ2v) is 5.46. The Morgan fingerprint density at radius 3 is 1.96 bits per heavy atom. The Bertz CT molecular complexity index is 686. The Labute approximate surface area is 144 Å². The van der Waals surface area contributed by atoms with Gasteiger partial charge in [-0.1, -0.05) is 67.6 Å². The molecule has 3 nitrogen and oxygen atoms in total. The first-order chi connectivity index (χ1) is 11.9. The van der Waals surface area contributed by atoms with Crippen LogP contribution in [0.15, 0.2) is 60.7 Å². The van der Waals surface area contributed by atoms with Gasteiger partial charge in [-0.05, 0) is 12.0 Å². The second kappa shape index (κ2) is 7.70. The van der Waals surface area contributed by atoms with Gasteiger partial charge in [0.1, 0.15) is 6.10 Å². The van der Waals surface area contributed by atoms with E-state index >= 15 is 0 Å². The number of esters is 1. The maximum Gasteiger partial charge on any atom is 0.432 e. The number of rotatable bonds is 6. The summed E-state index contributed by atoms with van der Waals surface area (Å²) in [6.07, 6.45) is -5.44. The lowest BCUT2D eigenvalue weighted by atomic mass is 9.92. The van der Waals surface area contributed by atoms with E-state index in [1.807, 2.05) is 0 Å². The number of methoxy groups -OCH3 is 1. The second-order valence-electron chi connectivity index (χ2n) is 5.46. The van der Waals surface area contributed by atoms with E-state index in [4.69, 9.17) is 9.47 Å². The molecule has 0 bridgehead atoms. The van der Waals surface area contributed by atoms with Gasteiger partial charge in [-0.25, -0.2) is 4.79 Å². The lowest BCUT2D eigenvalue weighted by Gasteiger charge is -2.33. The normalized spacial score (nSPS) is 15.2. The summed E-state index contributed by atoms with van der Waals surface area (Å²) < 4.78 is 51.5. The monoisotopic (exact) mass is 352 g/mol. The smallest absolute Gasteiger partial charge is 0.432 e. The molecule has 2 aromatic carbocycles. The fourth-order valence-corrected chi connectivity index (χ4v) is 2.65. The number of hydrogen-bond acceptors (Lipinski definition) is 3. The van der Waals surface area contributed by atoms with Gasteiger partial charge in [0.2, 0.25) is 0 Å². The van der Waals surface area contributed by atoms with Gasteiger partial charge in [0.25, 0.3) is 5.60 Å². The van der Waals surface area contributed by atoms with E-state index in [1.165, 1.54) is 24.3 Å². The fraction of sp³-hybridized carbons (Fsp3) is 0.316. The van der Waals surface area contributed by atoms with E-state index in [0.29, 0.717) is 12.0 Å². The van der Waals surface area contributed by atoms with Gasteiger partial charge < -0.3 is 9.47 Å². The third-order valence-corrected chi connectivity index (χ3v) is 3.96. The summed E-state index contributed by atoms with van der Waals surface area (Å²) in [5.74, 6) is -1.48. The Morgan fingerprint density at radius 2 is 1.52 bits per heavy atom. The van der Waals surface area contributed by atoms with Crippen LogP contribution in [0.25, 0.3) is 0 Å². The number of carbonyl (C=O) groups is 1. The van der Waals surface area contributed by atoms with Crippen LogP contribution in [0.1, 0.15) is 30.6 Å². The molecule has 0 fully saturated rings. The topological polar surface area (TPSA) is 35.5 Å². The molecule has 0 heterocycles. The Hall–Kier alpha value is -2.34. The molecule has 2 rings (SSSR count). The van der Waals surface area contributed by atoms with Gasteiger partial charge >= 0.3 is 12.1 Å². The molecule has 0 saturated carbocycles. The van der Waals surface area contributed by atoms with E-state index < -0.39 is 23.9 Å². The molecule has 0 aliphatic carbocycles. The molecule has 6 heteroatoms. The van der Waals surface area contributed by atoms with Crippen LogP contribution in [0.5, 0.6) is 0 Å². The lowest BCUT2D eigenvalue weighted by molar-refractivity contribution is -0.278. The number of carbonyl (C=O) groups excluding carboxylic acids is 1. The Kier molecular flexibility index (Phi) is 5.85. The van der Waals surface area contributed by atoms with Crippen LogP contribution in [-0.4, -0.2) is 19.3 Å². The van der Waals surface area contributed by atoms with Gasteiger partial charge in [-0.3, -0.25) is 0 Å². The highest BCUT2D eigenvalue weighted by molar-refractivity contribution is 5.83. The zero-order chi connectivity index (χ0) is 18.5. The minimum Gasteiger partial charge on any atom is -0.455 e. The van der Waals surface area contributed by atoms with Crippen molar-refractivity contribution in [1.82, 2.24) is 0 Å². The van der Waals surface area contributed by atoms with Gasteiger partial charge in [-0.15, -0.1) is 0 Å². The van der Waals surface area contributed by atoms with Crippen LogP contribution in [0.3, 0.4) is 0 Å². The van der Waals surface area contributed by atoms with Crippen molar-refractivity contribution >= 4 is 5.97 Å². The SMILES string of the molecule is CCC(OC(=O)[C@@](OC)(c1ccccc1)C(F)(F)F)c1ccccc1. The highest BCUT2D eigenvalue weighted by Crippen LogP contribution is 2.44.